The SMILES string of the molecule is O=C(c1cn(-c2ccccc2)nn1)N1CCN(C(=O)N2CCOCC2)CC1. The van der Waals surface area contributed by atoms with E-state index in [1.54, 1.807) is 20.7 Å². The highest BCUT2D eigenvalue weighted by Gasteiger charge is 2.29. The van der Waals surface area contributed by atoms with Crippen LogP contribution in [0.4, 0.5) is 4.79 Å². The van der Waals surface area contributed by atoms with Crippen molar-refractivity contribution in [1.29, 1.82) is 0 Å². The van der Waals surface area contributed by atoms with Gasteiger partial charge in [-0.05, 0) is 12.1 Å². The number of hydrogen-bond donors (Lipinski definition) is 0. The van der Waals surface area contributed by atoms with Gasteiger partial charge in [0.25, 0.3) is 5.91 Å². The van der Waals surface area contributed by atoms with Crippen molar-refractivity contribution in [3.63, 3.8) is 0 Å². The van der Waals surface area contributed by atoms with Crippen molar-refractivity contribution in [1.82, 2.24) is 29.7 Å². The number of hydrogen-bond acceptors (Lipinski definition) is 5. The molecule has 2 fully saturated rings. The number of amides is 3. The first kappa shape index (κ1) is 17.5. The second kappa shape index (κ2) is 7.75. The fourth-order valence-electron chi connectivity index (χ4n) is 3.29. The minimum atomic E-state index is -0.157. The number of ether oxygens (including phenoxy) is 1. The Labute approximate surface area is 157 Å². The molecule has 2 aromatic rings. The Hall–Kier alpha value is -2.94. The standard InChI is InChI=1S/C18H22N6O3/c25-17(16-14-24(20-19-16)15-4-2-1-3-5-15)21-6-8-22(9-7-21)18(26)23-10-12-27-13-11-23/h1-5,14H,6-13H2. The summed E-state index contributed by atoms with van der Waals surface area (Å²) in [4.78, 5) is 30.6. The van der Waals surface area contributed by atoms with E-state index >= 15 is 0 Å². The Bertz CT molecular complexity index is 794. The average Bonchev–Trinajstić information content (AvgIpc) is 3.24. The highest BCUT2D eigenvalue weighted by Crippen LogP contribution is 2.12. The second-order valence-corrected chi connectivity index (χ2v) is 6.55. The van der Waals surface area contributed by atoms with Gasteiger partial charge in [0.2, 0.25) is 0 Å². The van der Waals surface area contributed by atoms with Gasteiger partial charge in [-0.1, -0.05) is 23.4 Å². The molecule has 0 bridgehead atoms. The largest absolute Gasteiger partial charge is 0.378 e. The van der Waals surface area contributed by atoms with Gasteiger partial charge in [-0.3, -0.25) is 4.79 Å². The number of piperazine rings is 1. The maximum absolute atomic E-state index is 12.7. The number of carbonyl (C=O) groups excluding carboxylic acids is 2. The average molecular weight is 370 g/mol. The van der Waals surface area contributed by atoms with E-state index in [1.165, 1.54) is 0 Å². The van der Waals surface area contributed by atoms with Crippen molar-refractivity contribution in [2.45, 2.75) is 0 Å². The Balaban J connectivity index is 1.35. The predicted octanol–water partition coefficient (Wildman–Crippen LogP) is 0.477. The number of para-hydroxylation sites is 1. The van der Waals surface area contributed by atoms with Gasteiger partial charge in [0.05, 0.1) is 25.1 Å². The normalized spacial score (nSPS) is 17.9. The van der Waals surface area contributed by atoms with Crippen LogP contribution in [0.3, 0.4) is 0 Å². The van der Waals surface area contributed by atoms with Crippen LogP contribution in [0.5, 0.6) is 0 Å². The smallest absolute Gasteiger partial charge is 0.320 e. The van der Waals surface area contributed by atoms with E-state index in [2.05, 4.69) is 10.3 Å². The molecule has 2 aliphatic heterocycles. The van der Waals surface area contributed by atoms with Crippen LogP contribution < -0.4 is 0 Å². The molecule has 0 N–H and O–H groups in total. The zero-order valence-electron chi connectivity index (χ0n) is 15.0. The number of carbonyl (C=O) groups is 2. The quantitative estimate of drug-likeness (QED) is 0.768. The first-order valence-corrected chi connectivity index (χ1v) is 9.11. The van der Waals surface area contributed by atoms with Crippen LogP contribution in [0, 0.1) is 0 Å². The van der Waals surface area contributed by atoms with Gasteiger partial charge in [-0.25, -0.2) is 9.48 Å². The van der Waals surface area contributed by atoms with Gasteiger partial charge in [-0.15, -0.1) is 5.10 Å². The Morgan fingerprint density at radius 2 is 1.48 bits per heavy atom. The number of rotatable bonds is 2. The summed E-state index contributed by atoms with van der Waals surface area (Å²) in [6, 6.07) is 9.56. The van der Waals surface area contributed by atoms with Crippen molar-refractivity contribution < 1.29 is 14.3 Å². The molecule has 0 saturated carbocycles. The van der Waals surface area contributed by atoms with Crippen molar-refractivity contribution in [3.05, 3.63) is 42.2 Å². The number of morpholine rings is 1. The van der Waals surface area contributed by atoms with Gasteiger partial charge in [-0.2, -0.15) is 0 Å². The molecule has 1 aromatic carbocycles. The van der Waals surface area contributed by atoms with Crippen LogP contribution in [0.15, 0.2) is 36.5 Å². The maximum Gasteiger partial charge on any atom is 0.320 e. The van der Waals surface area contributed by atoms with E-state index in [4.69, 9.17) is 4.74 Å². The highest BCUT2D eigenvalue weighted by molar-refractivity contribution is 5.92. The summed E-state index contributed by atoms with van der Waals surface area (Å²) in [5, 5.41) is 8.06. The van der Waals surface area contributed by atoms with Crippen molar-refractivity contribution in [2.24, 2.45) is 0 Å². The molecule has 27 heavy (non-hydrogen) atoms. The lowest BCUT2D eigenvalue weighted by Gasteiger charge is -2.38. The lowest BCUT2D eigenvalue weighted by molar-refractivity contribution is 0.0361. The third-order valence-corrected chi connectivity index (χ3v) is 4.85. The summed E-state index contributed by atoms with van der Waals surface area (Å²) in [6.45, 7) is 4.45. The molecule has 2 saturated heterocycles. The number of benzene rings is 1. The first-order chi connectivity index (χ1) is 13.2. The molecule has 0 radical (unpaired) electrons. The molecule has 9 nitrogen and oxygen atoms in total. The van der Waals surface area contributed by atoms with E-state index < -0.39 is 0 Å². The van der Waals surface area contributed by atoms with Gasteiger partial charge in [0, 0.05) is 39.3 Å². The molecule has 0 aliphatic carbocycles. The molecule has 3 heterocycles. The van der Waals surface area contributed by atoms with Crippen LogP contribution in [-0.2, 0) is 4.74 Å². The number of nitrogens with zero attached hydrogens (tertiary/aromatic N) is 6. The van der Waals surface area contributed by atoms with E-state index in [0.717, 1.165) is 5.69 Å². The summed E-state index contributed by atoms with van der Waals surface area (Å²) in [7, 11) is 0. The molecule has 0 atom stereocenters. The summed E-state index contributed by atoms with van der Waals surface area (Å²) < 4.78 is 6.88. The van der Waals surface area contributed by atoms with Crippen molar-refractivity contribution in [3.8, 4) is 5.69 Å². The fourth-order valence-corrected chi connectivity index (χ4v) is 3.29. The Morgan fingerprint density at radius 3 is 2.19 bits per heavy atom. The van der Waals surface area contributed by atoms with Crippen molar-refractivity contribution in [2.75, 3.05) is 52.5 Å². The van der Waals surface area contributed by atoms with Gasteiger partial charge in [0.15, 0.2) is 5.69 Å². The molecule has 4 rings (SSSR count). The van der Waals surface area contributed by atoms with Crippen LogP contribution in [0.2, 0.25) is 0 Å². The van der Waals surface area contributed by atoms with Crippen LogP contribution in [-0.4, -0.2) is 94.1 Å². The monoisotopic (exact) mass is 370 g/mol. The molecule has 3 amide bonds. The van der Waals surface area contributed by atoms with Gasteiger partial charge in [0.1, 0.15) is 0 Å². The second-order valence-electron chi connectivity index (χ2n) is 6.55. The third-order valence-electron chi connectivity index (χ3n) is 4.85. The van der Waals surface area contributed by atoms with Crippen molar-refractivity contribution >= 4 is 11.9 Å². The molecular weight excluding hydrogens is 348 g/mol. The number of urea groups is 1. The summed E-state index contributed by atoms with van der Waals surface area (Å²) in [5.41, 5.74) is 1.16. The zero-order chi connectivity index (χ0) is 18.6. The summed E-state index contributed by atoms with van der Waals surface area (Å²) >= 11 is 0. The molecule has 142 valence electrons. The minimum Gasteiger partial charge on any atom is -0.378 e. The summed E-state index contributed by atoms with van der Waals surface area (Å²) in [6.07, 6.45) is 1.64. The minimum absolute atomic E-state index is 0.0282. The molecule has 1 aromatic heterocycles. The molecule has 9 heteroatoms. The van der Waals surface area contributed by atoms with Gasteiger partial charge >= 0.3 is 6.03 Å². The number of aromatic nitrogens is 3. The predicted molar refractivity (Wildman–Crippen MR) is 96.6 cm³/mol. The van der Waals surface area contributed by atoms with Crippen LogP contribution in [0.25, 0.3) is 5.69 Å². The topological polar surface area (TPSA) is 83.8 Å². The zero-order valence-corrected chi connectivity index (χ0v) is 15.0. The first-order valence-electron chi connectivity index (χ1n) is 9.11. The maximum atomic E-state index is 12.7. The third kappa shape index (κ3) is 3.77. The van der Waals surface area contributed by atoms with E-state index in [-0.39, 0.29) is 11.9 Å². The van der Waals surface area contributed by atoms with E-state index in [9.17, 15) is 9.59 Å². The lowest BCUT2D eigenvalue weighted by atomic mass is 10.3. The Kier molecular flexibility index (Phi) is 5.01. The van der Waals surface area contributed by atoms with E-state index in [0.29, 0.717) is 58.2 Å². The van der Waals surface area contributed by atoms with Crippen LogP contribution >= 0.6 is 0 Å². The van der Waals surface area contributed by atoms with Crippen LogP contribution in [0.1, 0.15) is 10.5 Å². The van der Waals surface area contributed by atoms with E-state index in [1.807, 2.05) is 35.2 Å². The molecule has 0 spiro atoms. The Morgan fingerprint density at radius 1 is 0.852 bits per heavy atom. The molecular formula is C18H22N6O3. The summed E-state index contributed by atoms with van der Waals surface area (Å²) in [5.74, 6) is -0.157. The molecule has 0 unspecified atom stereocenters. The highest BCUT2D eigenvalue weighted by atomic mass is 16.5. The lowest BCUT2D eigenvalue weighted by Crippen LogP contribution is -2.55. The molecule has 2 aliphatic rings. The fraction of sp³-hybridized carbons (Fsp3) is 0.444. The van der Waals surface area contributed by atoms with Gasteiger partial charge < -0.3 is 19.4 Å².